The Balaban J connectivity index is 1.20. The Hall–Kier alpha value is -5.08. The van der Waals surface area contributed by atoms with E-state index in [1.807, 2.05) is 26.2 Å². The number of carboxylic acid groups (broad SMARTS) is 1. The summed E-state index contributed by atoms with van der Waals surface area (Å²) in [6.45, 7) is 2.10. The summed E-state index contributed by atoms with van der Waals surface area (Å²) in [5.41, 5.74) is 7.43. The van der Waals surface area contributed by atoms with Crippen LogP contribution in [-0.2, 0) is 4.79 Å². The van der Waals surface area contributed by atoms with Gasteiger partial charge in [0.05, 0.1) is 32.5 Å². The molecule has 1 unspecified atom stereocenters. The van der Waals surface area contributed by atoms with Gasteiger partial charge in [-0.05, 0) is 96.9 Å². The van der Waals surface area contributed by atoms with Crippen LogP contribution >= 0.6 is 34.0 Å². The monoisotopic (exact) mass is 671 g/mol. The summed E-state index contributed by atoms with van der Waals surface area (Å²) in [6.07, 6.45) is 2.17. The summed E-state index contributed by atoms with van der Waals surface area (Å²) in [5.74, 6) is -1.22. The van der Waals surface area contributed by atoms with Crippen LogP contribution in [0.25, 0.3) is 36.6 Å². The smallest absolute Gasteiger partial charge is 0.346 e. The van der Waals surface area contributed by atoms with Crippen molar-refractivity contribution in [3.8, 4) is 26.4 Å². The molecule has 0 spiro atoms. The van der Waals surface area contributed by atoms with Gasteiger partial charge in [0.1, 0.15) is 16.6 Å². The number of aliphatic carboxylic acids is 1. The molecule has 0 saturated carbocycles. The second-order valence-electron chi connectivity index (χ2n) is 11.5. The fourth-order valence-electron chi connectivity index (χ4n) is 5.54. The number of fused-ring (bicyclic) bond motifs is 1. The first kappa shape index (κ1) is 30.6. The number of nitriles is 1. The number of aryl methyl sites for hydroxylation is 1. The molecule has 0 amide bonds. The number of benzene rings is 3. The maximum Gasteiger partial charge on any atom is 0.346 e. The van der Waals surface area contributed by atoms with E-state index in [2.05, 4.69) is 95.7 Å². The number of carboxylic acids is 1. The quantitative estimate of drug-likeness (QED) is 0.128. The zero-order valence-corrected chi connectivity index (χ0v) is 28.3. The van der Waals surface area contributed by atoms with E-state index in [0.717, 1.165) is 59.1 Å². The number of thiazole rings is 1. The number of rotatable bonds is 8. The SMILES string of the molecule is Cc1ccc2nc(-c3ccc(N4N=C(c5ccc(-c6ccc(/C=C(\C#N)C(=O)O)s6)s5)CC4c4ccc(N(C)C)cc4)cc3)sc2c1. The highest BCUT2D eigenvalue weighted by Crippen LogP contribution is 2.41. The second kappa shape index (κ2) is 12.6. The average molecular weight is 672 g/mol. The van der Waals surface area contributed by atoms with Gasteiger partial charge < -0.3 is 10.0 Å². The highest BCUT2D eigenvalue weighted by Gasteiger charge is 2.31. The highest BCUT2D eigenvalue weighted by atomic mass is 32.1. The van der Waals surface area contributed by atoms with Gasteiger partial charge in [-0.25, -0.2) is 9.78 Å². The van der Waals surface area contributed by atoms with Crippen molar-refractivity contribution in [1.29, 1.82) is 5.26 Å². The Morgan fingerprint density at radius 1 is 0.936 bits per heavy atom. The number of nitrogens with zero attached hydrogens (tertiary/aromatic N) is 5. The van der Waals surface area contributed by atoms with Crippen molar-refractivity contribution in [2.45, 2.75) is 19.4 Å². The van der Waals surface area contributed by atoms with Crippen molar-refractivity contribution in [3.63, 3.8) is 0 Å². The molecule has 10 heteroatoms. The zero-order valence-electron chi connectivity index (χ0n) is 25.8. The molecule has 4 heterocycles. The first-order valence-corrected chi connectivity index (χ1v) is 17.4. The molecule has 0 fully saturated rings. The van der Waals surface area contributed by atoms with E-state index >= 15 is 0 Å². The summed E-state index contributed by atoms with van der Waals surface area (Å²) < 4.78 is 1.19. The van der Waals surface area contributed by atoms with E-state index < -0.39 is 5.97 Å². The highest BCUT2D eigenvalue weighted by molar-refractivity contribution is 7.23. The molecule has 1 aliphatic rings. The maximum absolute atomic E-state index is 11.3. The number of hydrazone groups is 1. The van der Waals surface area contributed by atoms with Crippen molar-refractivity contribution in [2.75, 3.05) is 24.0 Å². The number of anilines is 2. The van der Waals surface area contributed by atoms with Crippen LogP contribution in [0.2, 0.25) is 0 Å². The zero-order chi connectivity index (χ0) is 32.7. The third-order valence-electron chi connectivity index (χ3n) is 8.02. The maximum atomic E-state index is 11.3. The van der Waals surface area contributed by atoms with Gasteiger partial charge in [-0.3, -0.25) is 5.01 Å². The lowest BCUT2D eigenvalue weighted by Crippen LogP contribution is -2.18. The summed E-state index contributed by atoms with van der Waals surface area (Å²) in [5, 5.41) is 26.7. The lowest BCUT2D eigenvalue weighted by molar-refractivity contribution is -0.132. The van der Waals surface area contributed by atoms with Crippen LogP contribution in [0.3, 0.4) is 0 Å². The van der Waals surface area contributed by atoms with Crippen LogP contribution in [0.15, 0.2) is 102 Å². The fraction of sp³-hybridized carbons (Fsp3) is 0.135. The third kappa shape index (κ3) is 6.21. The molecule has 1 aliphatic heterocycles. The Morgan fingerprint density at radius 3 is 2.38 bits per heavy atom. The van der Waals surface area contributed by atoms with Gasteiger partial charge in [-0.2, -0.15) is 10.4 Å². The third-order valence-corrected chi connectivity index (χ3v) is 11.5. The summed E-state index contributed by atoms with van der Waals surface area (Å²) in [7, 11) is 4.09. The minimum atomic E-state index is -1.22. The summed E-state index contributed by atoms with van der Waals surface area (Å²) in [4.78, 5) is 22.2. The lowest BCUT2D eigenvalue weighted by atomic mass is 10.00. The number of hydrogen-bond donors (Lipinski definition) is 1. The van der Waals surface area contributed by atoms with Crippen molar-refractivity contribution >= 4 is 73.4 Å². The molecule has 6 aromatic rings. The summed E-state index contributed by atoms with van der Waals surface area (Å²) in [6, 6.07) is 33.4. The van der Waals surface area contributed by atoms with E-state index in [1.165, 1.54) is 33.2 Å². The molecule has 0 radical (unpaired) electrons. The molecule has 3 aromatic heterocycles. The van der Waals surface area contributed by atoms with E-state index in [9.17, 15) is 9.90 Å². The van der Waals surface area contributed by atoms with Gasteiger partial charge in [0, 0.05) is 46.4 Å². The van der Waals surface area contributed by atoms with Crippen molar-refractivity contribution in [3.05, 3.63) is 117 Å². The molecular weight excluding hydrogens is 643 g/mol. The number of carbonyl (C=O) groups is 1. The van der Waals surface area contributed by atoms with Crippen molar-refractivity contribution in [2.24, 2.45) is 5.10 Å². The van der Waals surface area contributed by atoms with Crippen molar-refractivity contribution in [1.82, 2.24) is 4.98 Å². The Morgan fingerprint density at radius 2 is 1.66 bits per heavy atom. The standard InChI is InChI=1S/C37H29N5O2S3/c1-22-4-14-29-35(18-22)47-36(39-29)24-7-11-27(12-8-24)42-31(23-5-9-26(10-6-23)41(2)3)20-30(40-42)32-16-17-34(46-32)33-15-13-28(45-33)19-25(21-38)37(43)44/h4-19,31H,20H2,1-3H3,(H,43,44)/b25-19+. The van der Waals surface area contributed by atoms with E-state index in [1.54, 1.807) is 28.7 Å². The van der Waals surface area contributed by atoms with E-state index in [-0.39, 0.29) is 11.6 Å². The van der Waals surface area contributed by atoms with Gasteiger partial charge in [-0.15, -0.1) is 34.0 Å². The van der Waals surface area contributed by atoms with Gasteiger partial charge in [0.15, 0.2) is 0 Å². The normalized spacial score (nSPS) is 14.8. The Bertz CT molecular complexity index is 2220. The molecule has 7 rings (SSSR count). The number of thiophene rings is 2. The molecule has 232 valence electrons. The molecule has 1 N–H and O–H groups in total. The molecule has 1 atom stereocenters. The van der Waals surface area contributed by atoms with Crippen LogP contribution in [0, 0.1) is 18.3 Å². The molecule has 47 heavy (non-hydrogen) atoms. The Kier molecular flexibility index (Phi) is 8.20. The minimum Gasteiger partial charge on any atom is -0.477 e. The van der Waals surface area contributed by atoms with Crippen LogP contribution in [0.4, 0.5) is 11.4 Å². The molecular formula is C37H29N5O2S3. The van der Waals surface area contributed by atoms with Crippen LogP contribution in [-0.4, -0.2) is 35.9 Å². The average Bonchev–Trinajstić information content (AvgIpc) is 3.89. The molecule has 3 aromatic carbocycles. The molecule has 0 saturated heterocycles. The number of hydrogen-bond acceptors (Lipinski definition) is 9. The van der Waals surface area contributed by atoms with Gasteiger partial charge >= 0.3 is 5.97 Å². The van der Waals surface area contributed by atoms with E-state index in [0.29, 0.717) is 0 Å². The van der Waals surface area contributed by atoms with E-state index in [4.69, 9.17) is 15.3 Å². The first-order chi connectivity index (χ1) is 22.7. The van der Waals surface area contributed by atoms with Crippen molar-refractivity contribution < 1.29 is 9.90 Å². The predicted molar refractivity (Wildman–Crippen MR) is 196 cm³/mol. The van der Waals surface area contributed by atoms with Crippen LogP contribution in [0.5, 0.6) is 0 Å². The fourth-order valence-corrected chi connectivity index (χ4v) is 8.65. The largest absolute Gasteiger partial charge is 0.477 e. The predicted octanol–water partition coefficient (Wildman–Crippen LogP) is 9.47. The van der Waals surface area contributed by atoms with Gasteiger partial charge in [0.25, 0.3) is 0 Å². The molecule has 7 nitrogen and oxygen atoms in total. The lowest BCUT2D eigenvalue weighted by Gasteiger charge is -2.24. The van der Waals surface area contributed by atoms with Crippen LogP contribution < -0.4 is 9.91 Å². The van der Waals surface area contributed by atoms with Gasteiger partial charge in [-0.1, -0.05) is 18.2 Å². The summed E-state index contributed by atoms with van der Waals surface area (Å²) >= 11 is 4.84. The molecule has 0 bridgehead atoms. The number of aromatic nitrogens is 1. The topological polar surface area (TPSA) is 92.8 Å². The minimum absolute atomic E-state index is 0.0296. The molecule has 0 aliphatic carbocycles. The first-order valence-electron chi connectivity index (χ1n) is 14.9. The Labute approximate surface area is 284 Å². The van der Waals surface area contributed by atoms with Crippen LogP contribution in [0.1, 0.15) is 33.3 Å². The second-order valence-corrected chi connectivity index (χ2v) is 14.7. The van der Waals surface area contributed by atoms with Gasteiger partial charge in [0.2, 0.25) is 0 Å².